The predicted octanol–water partition coefficient (Wildman–Crippen LogP) is 0.371. The van der Waals surface area contributed by atoms with Crippen LogP contribution in [-0.4, -0.2) is 49.3 Å². The van der Waals surface area contributed by atoms with Crippen LogP contribution in [0.5, 0.6) is 0 Å². The van der Waals surface area contributed by atoms with E-state index in [0.717, 1.165) is 30.8 Å². The third-order valence-electron chi connectivity index (χ3n) is 4.91. The molecular weight excluding hydrogens is 324 g/mol. The second-order valence-electron chi connectivity index (χ2n) is 6.86. The maximum absolute atomic E-state index is 13.2. The van der Waals surface area contributed by atoms with E-state index in [9.17, 15) is 4.79 Å². The van der Waals surface area contributed by atoms with Crippen LogP contribution in [0.2, 0.25) is 0 Å². The molecule has 2 fully saturated rings. The zero-order valence-corrected chi connectivity index (χ0v) is 14.3. The van der Waals surface area contributed by atoms with Crippen molar-refractivity contribution in [3.63, 3.8) is 0 Å². The Labute approximate surface area is 144 Å². The van der Waals surface area contributed by atoms with Gasteiger partial charge in [0.25, 0.3) is 0 Å². The van der Waals surface area contributed by atoms with Crippen LogP contribution in [0.15, 0.2) is 16.9 Å². The minimum Gasteiger partial charge on any atom is -0.361 e. The summed E-state index contributed by atoms with van der Waals surface area (Å²) < 4.78 is 7.00. The van der Waals surface area contributed by atoms with Crippen molar-refractivity contribution in [1.82, 2.24) is 41.1 Å². The van der Waals surface area contributed by atoms with Crippen molar-refractivity contribution in [1.29, 1.82) is 0 Å². The summed E-state index contributed by atoms with van der Waals surface area (Å²) in [5.74, 6) is 0.930. The zero-order chi connectivity index (χ0) is 17.4. The molecule has 0 radical (unpaired) electrons. The van der Waals surface area contributed by atoms with Gasteiger partial charge < -0.3 is 9.42 Å². The number of carbonyl (C=O) groups excluding carboxylic acids is 1. The van der Waals surface area contributed by atoms with Gasteiger partial charge in [-0.3, -0.25) is 10.2 Å². The lowest BCUT2D eigenvalue weighted by atomic mass is 10.0. The minimum atomic E-state index is -0.299. The molecule has 2 aliphatic heterocycles. The van der Waals surface area contributed by atoms with Crippen LogP contribution >= 0.6 is 0 Å². The summed E-state index contributed by atoms with van der Waals surface area (Å²) >= 11 is 0. The Hall–Kier alpha value is -2.33. The van der Waals surface area contributed by atoms with Crippen LogP contribution in [0.3, 0.4) is 0 Å². The number of tetrazole rings is 1. The fourth-order valence-electron chi connectivity index (χ4n) is 3.54. The van der Waals surface area contributed by atoms with Gasteiger partial charge >= 0.3 is 0 Å². The second kappa shape index (κ2) is 6.52. The molecule has 3 unspecified atom stereocenters. The maximum atomic E-state index is 13.2. The first-order valence-electron chi connectivity index (χ1n) is 8.63. The molecule has 1 amide bonds. The van der Waals surface area contributed by atoms with E-state index >= 15 is 0 Å². The molecular formula is C15H22N8O2. The van der Waals surface area contributed by atoms with Crippen LogP contribution in [0.4, 0.5) is 0 Å². The Bertz CT molecular complexity index is 728. The zero-order valence-electron chi connectivity index (χ0n) is 14.3. The molecule has 3 atom stereocenters. The van der Waals surface area contributed by atoms with Crippen molar-refractivity contribution in [2.24, 2.45) is 5.92 Å². The van der Waals surface area contributed by atoms with Crippen LogP contribution in [0, 0.1) is 5.92 Å². The molecule has 2 aliphatic rings. The van der Waals surface area contributed by atoms with Crippen LogP contribution in [-0.2, 0) is 4.79 Å². The Kier molecular flexibility index (Phi) is 4.22. The van der Waals surface area contributed by atoms with Gasteiger partial charge in [-0.05, 0) is 23.3 Å². The van der Waals surface area contributed by atoms with Gasteiger partial charge in [-0.15, -0.1) is 5.10 Å². The highest BCUT2D eigenvalue weighted by molar-refractivity contribution is 5.80. The van der Waals surface area contributed by atoms with E-state index in [0.29, 0.717) is 6.54 Å². The molecule has 4 rings (SSSR count). The Morgan fingerprint density at radius 2 is 2.32 bits per heavy atom. The summed E-state index contributed by atoms with van der Waals surface area (Å²) in [6.45, 7) is 5.39. The van der Waals surface area contributed by atoms with Gasteiger partial charge in [-0.1, -0.05) is 19.0 Å². The lowest BCUT2D eigenvalue weighted by Gasteiger charge is -2.27. The van der Waals surface area contributed by atoms with Crippen molar-refractivity contribution >= 4 is 5.91 Å². The summed E-state index contributed by atoms with van der Waals surface area (Å²) in [4.78, 5) is 15.1. The molecule has 0 bridgehead atoms. The molecule has 0 aromatic carbocycles. The number of hydrogen-bond donors (Lipinski definition) is 2. The number of amides is 1. The van der Waals surface area contributed by atoms with E-state index in [1.165, 1.54) is 6.33 Å². The van der Waals surface area contributed by atoms with Crippen molar-refractivity contribution in [3.05, 3.63) is 23.8 Å². The molecule has 10 nitrogen and oxygen atoms in total. The number of nitrogens with one attached hydrogen (secondary N) is 2. The molecule has 4 heterocycles. The molecule has 134 valence electrons. The number of nitrogens with zero attached hydrogens (tertiary/aromatic N) is 6. The molecule has 2 aromatic heterocycles. The average molecular weight is 346 g/mol. The summed E-state index contributed by atoms with van der Waals surface area (Å²) in [6, 6.07) is 1.95. The number of rotatable bonds is 4. The second-order valence-corrected chi connectivity index (χ2v) is 6.86. The highest BCUT2D eigenvalue weighted by Crippen LogP contribution is 2.35. The SMILES string of the molecule is CC(C)c1cc(C2CCCN2C(=O)C2CNNC2n2cnnn2)no1. The highest BCUT2D eigenvalue weighted by Gasteiger charge is 2.41. The van der Waals surface area contributed by atoms with Gasteiger partial charge in [0.1, 0.15) is 23.9 Å². The largest absolute Gasteiger partial charge is 0.361 e. The van der Waals surface area contributed by atoms with Gasteiger partial charge in [0.05, 0.1) is 12.0 Å². The van der Waals surface area contributed by atoms with E-state index in [4.69, 9.17) is 4.52 Å². The minimum absolute atomic E-state index is 0.0288. The first-order valence-corrected chi connectivity index (χ1v) is 8.63. The molecule has 10 heteroatoms. The van der Waals surface area contributed by atoms with E-state index in [1.54, 1.807) is 4.68 Å². The summed E-state index contributed by atoms with van der Waals surface area (Å²) in [5, 5.41) is 15.4. The number of likely N-dealkylation sites (tertiary alicyclic amines) is 1. The number of hydrogen-bond acceptors (Lipinski definition) is 8. The van der Waals surface area contributed by atoms with Crippen LogP contribution < -0.4 is 10.9 Å². The fraction of sp³-hybridized carbons (Fsp3) is 0.667. The normalized spacial score (nSPS) is 26.7. The van der Waals surface area contributed by atoms with Gasteiger partial charge in [-0.2, -0.15) is 0 Å². The predicted molar refractivity (Wildman–Crippen MR) is 85.8 cm³/mol. The Morgan fingerprint density at radius 1 is 1.44 bits per heavy atom. The molecule has 0 spiro atoms. The highest BCUT2D eigenvalue weighted by atomic mass is 16.5. The van der Waals surface area contributed by atoms with Crippen molar-refractivity contribution in [2.45, 2.75) is 44.8 Å². The average Bonchev–Trinajstić information content (AvgIpc) is 3.41. The van der Waals surface area contributed by atoms with E-state index < -0.39 is 0 Å². The van der Waals surface area contributed by atoms with Crippen molar-refractivity contribution in [3.8, 4) is 0 Å². The van der Waals surface area contributed by atoms with Gasteiger partial charge in [0.2, 0.25) is 5.91 Å². The summed E-state index contributed by atoms with van der Waals surface area (Å²) in [5.41, 5.74) is 6.96. The lowest BCUT2D eigenvalue weighted by molar-refractivity contribution is -0.137. The van der Waals surface area contributed by atoms with Crippen LogP contribution in [0.1, 0.15) is 56.3 Å². The van der Waals surface area contributed by atoms with Crippen molar-refractivity contribution in [2.75, 3.05) is 13.1 Å². The first kappa shape index (κ1) is 16.2. The van der Waals surface area contributed by atoms with E-state index in [1.807, 2.05) is 11.0 Å². The van der Waals surface area contributed by atoms with E-state index in [-0.39, 0.29) is 30.0 Å². The molecule has 0 aliphatic carbocycles. The quantitative estimate of drug-likeness (QED) is 0.816. The van der Waals surface area contributed by atoms with E-state index in [2.05, 4.69) is 45.4 Å². The Balaban J connectivity index is 1.54. The number of aromatic nitrogens is 5. The lowest BCUT2D eigenvalue weighted by Crippen LogP contribution is -2.40. The van der Waals surface area contributed by atoms with Gasteiger partial charge in [-0.25, -0.2) is 10.1 Å². The fourth-order valence-corrected chi connectivity index (χ4v) is 3.54. The van der Waals surface area contributed by atoms with Crippen molar-refractivity contribution < 1.29 is 9.32 Å². The molecule has 2 saturated heterocycles. The summed E-state index contributed by atoms with van der Waals surface area (Å²) in [7, 11) is 0. The Morgan fingerprint density at radius 3 is 3.04 bits per heavy atom. The molecule has 2 N–H and O–H groups in total. The monoisotopic (exact) mass is 346 g/mol. The maximum Gasteiger partial charge on any atom is 0.231 e. The molecule has 0 saturated carbocycles. The summed E-state index contributed by atoms with van der Waals surface area (Å²) in [6.07, 6.45) is 3.08. The standard InChI is InChI=1S/C15H22N8O2/c1-9(2)13-6-11(19-25-13)12-4-3-5-22(12)15(24)10-7-16-18-14(10)23-8-17-20-21-23/h6,8-10,12,14,16,18H,3-5,7H2,1-2H3. The third kappa shape index (κ3) is 2.91. The first-order chi connectivity index (χ1) is 12.1. The topological polar surface area (TPSA) is 114 Å². The smallest absolute Gasteiger partial charge is 0.231 e. The van der Waals surface area contributed by atoms with Gasteiger partial charge in [0.15, 0.2) is 0 Å². The molecule has 25 heavy (non-hydrogen) atoms. The number of hydrazine groups is 1. The number of carbonyl (C=O) groups is 1. The molecule has 2 aromatic rings. The third-order valence-corrected chi connectivity index (χ3v) is 4.91. The van der Waals surface area contributed by atoms with Crippen LogP contribution in [0.25, 0.3) is 0 Å². The van der Waals surface area contributed by atoms with Gasteiger partial charge in [0, 0.05) is 25.1 Å².